The highest BCUT2D eigenvalue weighted by Crippen LogP contribution is 2.48. The summed E-state index contributed by atoms with van der Waals surface area (Å²) in [5.74, 6) is 0.593. The number of carbonyl (C=O) groups is 2. The first-order valence-electron chi connectivity index (χ1n) is 9.97. The molecule has 0 bridgehead atoms. The number of aryl methyl sites for hydroxylation is 1. The quantitative estimate of drug-likeness (QED) is 0.508. The van der Waals surface area contributed by atoms with E-state index in [1.807, 2.05) is 55.5 Å². The van der Waals surface area contributed by atoms with Gasteiger partial charge in [-0.1, -0.05) is 65.9 Å². The van der Waals surface area contributed by atoms with E-state index < -0.39 is 4.08 Å². The van der Waals surface area contributed by atoms with E-state index >= 15 is 0 Å². The zero-order chi connectivity index (χ0) is 21.8. The molecular formula is C25H23NO3S2. The van der Waals surface area contributed by atoms with Crippen molar-refractivity contribution in [1.82, 2.24) is 5.32 Å². The van der Waals surface area contributed by atoms with Crippen LogP contribution in [0.15, 0.2) is 77.7 Å². The summed E-state index contributed by atoms with van der Waals surface area (Å²) in [4.78, 5) is 25.9. The molecule has 4 nitrogen and oxygen atoms in total. The van der Waals surface area contributed by atoms with Gasteiger partial charge in [-0.2, -0.15) is 0 Å². The predicted octanol–water partition coefficient (Wildman–Crippen LogP) is 5.61. The third-order valence-electron chi connectivity index (χ3n) is 5.12. The van der Waals surface area contributed by atoms with Crippen LogP contribution in [0.1, 0.15) is 22.3 Å². The van der Waals surface area contributed by atoms with Crippen molar-refractivity contribution in [3.05, 3.63) is 95.1 Å². The van der Waals surface area contributed by atoms with Gasteiger partial charge in [0.25, 0.3) is 11.1 Å². The fourth-order valence-corrected chi connectivity index (χ4v) is 6.07. The average molecular weight is 450 g/mol. The maximum atomic E-state index is 12.8. The van der Waals surface area contributed by atoms with Gasteiger partial charge in [-0.05, 0) is 66.1 Å². The van der Waals surface area contributed by atoms with E-state index in [0.29, 0.717) is 6.42 Å². The summed E-state index contributed by atoms with van der Waals surface area (Å²) in [6.45, 7) is 2.03. The van der Waals surface area contributed by atoms with Crippen LogP contribution in [0.3, 0.4) is 0 Å². The standard InChI is InChI=1S/C25H23NO3S2/c1-17-6-12-22(13-7-17)30-25(23(27)26-24(28)31-25)16-20-5-3-4-19(15-20)14-18-8-10-21(29-2)11-9-18/h3-13,15H,14,16H2,1-2H3,(H,26,27,28). The molecule has 1 unspecified atom stereocenters. The van der Waals surface area contributed by atoms with E-state index in [2.05, 4.69) is 29.6 Å². The number of ether oxygens (including phenoxy) is 1. The first kappa shape index (κ1) is 21.5. The molecule has 1 aliphatic heterocycles. The molecule has 0 aromatic heterocycles. The van der Waals surface area contributed by atoms with Gasteiger partial charge in [0, 0.05) is 11.3 Å². The van der Waals surface area contributed by atoms with Crippen LogP contribution in [0.2, 0.25) is 0 Å². The number of nitrogens with one attached hydrogen (secondary N) is 1. The molecule has 1 aliphatic rings. The van der Waals surface area contributed by atoms with E-state index in [9.17, 15) is 9.59 Å². The monoisotopic (exact) mass is 449 g/mol. The van der Waals surface area contributed by atoms with E-state index in [1.54, 1.807) is 7.11 Å². The topological polar surface area (TPSA) is 55.4 Å². The first-order chi connectivity index (χ1) is 15.0. The van der Waals surface area contributed by atoms with Crippen molar-refractivity contribution in [3.8, 4) is 5.75 Å². The fourth-order valence-electron chi connectivity index (χ4n) is 3.52. The van der Waals surface area contributed by atoms with Gasteiger partial charge in [0.2, 0.25) is 0 Å². The number of imide groups is 1. The Kier molecular flexibility index (Phi) is 6.39. The van der Waals surface area contributed by atoms with Crippen molar-refractivity contribution in [2.45, 2.75) is 28.7 Å². The zero-order valence-corrected chi connectivity index (χ0v) is 19.0. The van der Waals surface area contributed by atoms with E-state index in [0.717, 1.165) is 45.5 Å². The summed E-state index contributed by atoms with van der Waals surface area (Å²) in [6, 6.07) is 24.3. The zero-order valence-electron chi connectivity index (χ0n) is 17.4. The van der Waals surface area contributed by atoms with E-state index in [4.69, 9.17) is 4.74 Å². The number of methoxy groups -OCH3 is 1. The van der Waals surface area contributed by atoms with Crippen LogP contribution in [0.5, 0.6) is 5.75 Å². The third kappa shape index (κ3) is 5.14. The molecule has 0 saturated carbocycles. The summed E-state index contributed by atoms with van der Waals surface area (Å²) in [5.41, 5.74) is 4.53. The SMILES string of the molecule is COc1ccc(Cc2cccc(CC3(Sc4ccc(C)cc4)SC(=O)NC3=O)c2)cc1. The molecule has 1 N–H and O–H groups in total. The number of thioether (sulfide) groups is 2. The maximum absolute atomic E-state index is 12.8. The van der Waals surface area contributed by atoms with Gasteiger partial charge < -0.3 is 4.74 Å². The van der Waals surface area contributed by atoms with E-state index in [1.165, 1.54) is 17.3 Å². The molecule has 2 amide bonds. The van der Waals surface area contributed by atoms with Gasteiger partial charge in [-0.25, -0.2) is 0 Å². The highest BCUT2D eigenvalue weighted by molar-refractivity contribution is 8.27. The van der Waals surface area contributed by atoms with E-state index in [-0.39, 0.29) is 11.1 Å². The van der Waals surface area contributed by atoms with Crippen LogP contribution in [0.4, 0.5) is 4.79 Å². The maximum Gasteiger partial charge on any atom is 0.287 e. The minimum Gasteiger partial charge on any atom is -0.497 e. The summed E-state index contributed by atoms with van der Waals surface area (Å²) >= 11 is 2.52. The van der Waals surface area contributed by atoms with Crippen molar-refractivity contribution in [2.24, 2.45) is 0 Å². The molecule has 158 valence electrons. The molecule has 1 fully saturated rings. The molecule has 3 aromatic rings. The van der Waals surface area contributed by atoms with Crippen molar-refractivity contribution in [1.29, 1.82) is 0 Å². The third-order valence-corrected chi connectivity index (χ3v) is 7.73. The van der Waals surface area contributed by atoms with Gasteiger partial charge in [0.05, 0.1) is 7.11 Å². The molecular weight excluding hydrogens is 426 g/mol. The summed E-state index contributed by atoms with van der Waals surface area (Å²) in [5, 5.41) is 2.18. The minimum atomic E-state index is -0.912. The second kappa shape index (κ2) is 9.20. The molecule has 0 aliphatic carbocycles. The largest absolute Gasteiger partial charge is 0.497 e. The number of rotatable bonds is 7. The van der Waals surface area contributed by atoms with Crippen molar-refractivity contribution < 1.29 is 14.3 Å². The Morgan fingerprint density at radius 3 is 2.29 bits per heavy atom. The average Bonchev–Trinajstić information content (AvgIpc) is 3.03. The summed E-state index contributed by atoms with van der Waals surface area (Å²) < 4.78 is 4.32. The number of hydrogen-bond acceptors (Lipinski definition) is 5. The van der Waals surface area contributed by atoms with Crippen molar-refractivity contribution in [3.63, 3.8) is 0 Å². The van der Waals surface area contributed by atoms with Gasteiger partial charge >= 0.3 is 0 Å². The van der Waals surface area contributed by atoms with Crippen LogP contribution in [-0.4, -0.2) is 22.3 Å². The number of amides is 2. The van der Waals surface area contributed by atoms with Crippen LogP contribution < -0.4 is 10.1 Å². The highest BCUT2D eigenvalue weighted by atomic mass is 32.2. The van der Waals surface area contributed by atoms with Crippen LogP contribution in [0, 0.1) is 6.92 Å². The molecule has 0 spiro atoms. The fraction of sp³-hybridized carbons (Fsp3) is 0.200. The Balaban J connectivity index is 1.56. The molecule has 6 heteroatoms. The minimum absolute atomic E-state index is 0.242. The Morgan fingerprint density at radius 2 is 1.65 bits per heavy atom. The Bertz CT molecular complexity index is 1100. The lowest BCUT2D eigenvalue weighted by molar-refractivity contribution is -0.119. The molecule has 1 saturated heterocycles. The Hall–Kier alpha value is -2.70. The van der Waals surface area contributed by atoms with Gasteiger partial charge in [0.1, 0.15) is 5.75 Å². The van der Waals surface area contributed by atoms with Crippen LogP contribution in [-0.2, 0) is 17.6 Å². The lowest BCUT2D eigenvalue weighted by Gasteiger charge is -2.24. The molecule has 3 aromatic carbocycles. The number of carbonyl (C=O) groups excluding carboxylic acids is 2. The molecule has 31 heavy (non-hydrogen) atoms. The first-order valence-corrected chi connectivity index (χ1v) is 11.6. The lowest BCUT2D eigenvalue weighted by Crippen LogP contribution is -2.35. The Morgan fingerprint density at radius 1 is 0.935 bits per heavy atom. The lowest BCUT2D eigenvalue weighted by atomic mass is 10.0. The molecule has 4 rings (SSSR count). The molecule has 0 radical (unpaired) electrons. The number of hydrogen-bond donors (Lipinski definition) is 1. The van der Waals surface area contributed by atoms with Crippen molar-refractivity contribution >= 4 is 34.7 Å². The summed E-state index contributed by atoms with van der Waals surface area (Å²) in [7, 11) is 1.66. The molecule has 1 heterocycles. The highest BCUT2D eigenvalue weighted by Gasteiger charge is 2.49. The number of benzene rings is 3. The van der Waals surface area contributed by atoms with Crippen LogP contribution >= 0.6 is 23.5 Å². The van der Waals surface area contributed by atoms with Gasteiger partial charge in [0.15, 0.2) is 4.08 Å². The molecule has 1 atom stereocenters. The second-order valence-corrected chi connectivity index (χ2v) is 10.4. The van der Waals surface area contributed by atoms with Gasteiger partial charge in [-0.15, -0.1) is 0 Å². The second-order valence-electron chi connectivity index (χ2n) is 7.53. The van der Waals surface area contributed by atoms with Gasteiger partial charge in [-0.3, -0.25) is 14.9 Å². The smallest absolute Gasteiger partial charge is 0.287 e. The summed E-state index contributed by atoms with van der Waals surface area (Å²) in [6.07, 6.45) is 1.25. The van der Waals surface area contributed by atoms with Crippen molar-refractivity contribution in [2.75, 3.05) is 7.11 Å². The van der Waals surface area contributed by atoms with Crippen LogP contribution in [0.25, 0.3) is 0 Å². The normalized spacial score (nSPS) is 18.1. The Labute approximate surface area is 190 Å². The predicted molar refractivity (Wildman–Crippen MR) is 127 cm³/mol.